The molecule has 0 unspecified atom stereocenters. The van der Waals surface area contributed by atoms with E-state index < -0.39 is 47.0 Å². The normalized spacial score (nSPS) is 13.3. The monoisotopic (exact) mass is 1280 g/mol. The summed E-state index contributed by atoms with van der Waals surface area (Å²) in [6.07, 6.45) is -20.2. The Balaban J connectivity index is 1.14. The van der Waals surface area contributed by atoms with Crippen molar-refractivity contribution in [2.45, 2.75) is 44.3 Å². The van der Waals surface area contributed by atoms with Crippen molar-refractivity contribution in [3.05, 3.63) is 252 Å². The Morgan fingerprint density at radius 3 is 0.902 bits per heavy atom. The molecule has 0 fully saturated rings. The summed E-state index contributed by atoms with van der Waals surface area (Å²) in [6, 6.07) is 59.2. The maximum Gasteiger partial charge on any atom is 0.416 e. The van der Waals surface area contributed by atoms with Gasteiger partial charge in [-0.1, -0.05) is 96.3 Å². The van der Waals surface area contributed by atoms with Crippen LogP contribution in [0.3, 0.4) is 0 Å². The third-order valence-corrected chi connectivity index (χ3v) is 18.8. The average Bonchev–Trinajstić information content (AvgIpc) is 1.69. The van der Waals surface area contributed by atoms with Gasteiger partial charge in [0.05, 0.1) is 89.6 Å². The lowest BCUT2D eigenvalue weighted by atomic mass is 9.84. The van der Waals surface area contributed by atoms with Crippen molar-refractivity contribution >= 4 is 101 Å². The van der Waals surface area contributed by atoms with Crippen molar-refractivity contribution < 1.29 is 52.7 Å². The third-order valence-electron chi connectivity index (χ3n) is 16.6. The Bertz CT molecular complexity index is 4870. The van der Waals surface area contributed by atoms with Gasteiger partial charge in [0.25, 0.3) is 0 Å². The molecular weight excluding hydrogens is 1240 g/mol. The zero-order valence-corrected chi connectivity index (χ0v) is 48.5. The zero-order chi connectivity index (χ0) is 63.9. The smallest absolute Gasteiger partial charge is 0.308 e. The van der Waals surface area contributed by atoms with Gasteiger partial charge in [0, 0.05) is 63.6 Å². The number of hydrogen-bond acceptors (Lipinski definition) is 6. The highest BCUT2D eigenvalue weighted by molar-refractivity contribution is 8.00. The third kappa shape index (κ3) is 9.29. The highest BCUT2D eigenvalue weighted by Gasteiger charge is 2.39. The second-order valence-corrected chi connectivity index (χ2v) is 24.0. The molecule has 4 heterocycles. The van der Waals surface area contributed by atoms with Gasteiger partial charge in [0.1, 0.15) is 12.1 Å². The Kier molecular flexibility index (Phi) is 13.2. The minimum atomic E-state index is -5.04. The van der Waals surface area contributed by atoms with E-state index in [1.165, 1.54) is 32.7 Å². The van der Waals surface area contributed by atoms with E-state index in [0.29, 0.717) is 69.7 Å². The fourth-order valence-corrected chi connectivity index (χ4v) is 14.9. The second-order valence-electron chi connectivity index (χ2n) is 21.9. The molecule has 13 aromatic rings. The summed E-state index contributed by atoms with van der Waals surface area (Å²) in [4.78, 5) is 7.01. The number of para-hydroxylation sites is 4. The van der Waals surface area contributed by atoms with Crippen LogP contribution < -0.4 is 9.80 Å². The van der Waals surface area contributed by atoms with Gasteiger partial charge in [0.15, 0.2) is 0 Å². The molecule has 0 saturated heterocycles. The van der Waals surface area contributed by atoms with Crippen LogP contribution in [0.1, 0.15) is 33.4 Å². The number of fused-ring (bicyclic) bond motifs is 10. The van der Waals surface area contributed by atoms with E-state index in [2.05, 4.69) is 12.1 Å². The molecule has 450 valence electrons. The first kappa shape index (κ1) is 57.9. The number of anilines is 6. The van der Waals surface area contributed by atoms with Gasteiger partial charge >= 0.3 is 24.7 Å². The summed E-state index contributed by atoms with van der Waals surface area (Å²) in [5.41, 5.74) is -2.03. The van der Waals surface area contributed by atoms with E-state index in [1.807, 2.05) is 143 Å². The van der Waals surface area contributed by atoms with Crippen molar-refractivity contribution in [1.29, 1.82) is 10.5 Å². The number of halogens is 12. The van der Waals surface area contributed by atoms with Gasteiger partial charge in [-0.3, -0.25) is 0 Å². The highest BCUT2D eigenvalue weighted by atomic mass is 32.2. The first-order valence-corrected chi connectivity index (χ1v) is 29.8. The number of alkyl halides is 12. The number of aromatic nitrogens is 2. The Morgan fingerprint density at radius 2 is 0.598 bits per heavy atom. The van der Waals surface area contributed by atoms with Crippen LogP contribution in [0.25, 0.3) is 77.2 Å². The number of nitrogens with zero attached hydrogens (tertiary/aromatic N) is 6. The summed E-state index contributed by atoms with van der Waals surface area (Å²) in [5.74, 6) is 0. The molecule has 2 aliphatic heterocycles. The highest BCUT2D eigenvalue weighted by Crippen LogP contribution is 2.58. The molecule has 0 bridgehead atoms. The molecule has 2 aliphatic rings. The molecule has 0 atom stereocenters. The van der Waals surface area contributed by atoms with E-state index in [0.717, 1.165) is 56.8 Å². The lowest BCUT2D eigenvalue weighted by molar-refractivity contribution is -0.138. The lowest BCUT2D eigenvalue weighted by Gasteiger charge is -2.34. The molecule has 92 heavy (non-hydrogen) atoms. The van der Waals surface area contributed by atoms with Crippen LogP contribution in [0.15, 0.2) is 238 Å². The minimum Gasteiger partial charge on any atom is -0.308 e. The molecule has 2 aromatic heterocycles. The minimum absolute atomic E-state index is 0.0331. The summed E-state index contributed by atoms with van der Waals surface area (Å²) in [5, 5.41) is 23.3. The second kappa shape index (κ2) is 21.0. The average molecular weight is 1280 g/mol. The Hall–Kier alpha value is -10.5. The molecule has 0 amide bonds. The van der Waals surface area contributed by atoms with Gasteiger partial charge in [-0.2, -0.15) is 63.2 Å². The summed E-state index contributed by atoms with van der Waals surface area (Å²) < 4.78 is 182. The molecule has 0 N–H and O–H groups in total. The Labute approximate surface area is 522 Å². The zero-order valence-electron chi connectivity index (χ0n) is 46.8. The SMILES string of the molecule is N#Cc1c(-c2ccc3c(c2)Sc2ccccc2N3c2ccccc2)c(-c2ccc3c(c2)Sc2ccccc2N3c2ccccc2)c(C#N)c(-n2c3ccc(C(F)(F)F)cc3c3cc(C(F)(F)F)ccc32)c1-n1c2ccc(C(F)(F)F)cc2c2cc(C(F)(F)F)ccc21. The van der Waals surface area contributed by atoms with Crippen LogP contribution >= 0.6 is 23.5 Å². The Morgan fingerprint density at radius 1 is 0.304 bits per heavy atom. The standard InChI is InChI=1S/C72H36F12N6S2/c73-69(74,75)41-21-27-53-47(33-41)48-34-42(70(76,77)78)22-28-54(48)89(53)67-51(37-85)65(39-19-25-59-63(31-39)91-61-17-9-7-15-57(61)87(59)45-11-3-1-4-12-45)66(40-20-26-60-64(32-40)92-62-18-10-8-16-58(62)88(60)46-13-5-2-6-14-46)52(38-86)68(67)90-55-29-23-43(71(79,80)81)35-49(55)50-36-44(72(82,83)84)24-30-56(50)90/h1-36H. The molecule has 0 aliphatic carbocycles. The van der Waals surface area contributed by atoms with E-state index in [1.54, 1.807) is 12.1 Å². The summed E-state index contributed by atoms with van der Waals surface area (Å²) in [7, 11) is 0. The predicted molar refractivity (Wildman–Crippen MR) is 333 cm³/mol. The van der Waals surface area contributed by atoms with Crippen molar-refractivity contribution in [3.63, 3.8) is 0 Å². The van der Waals surface area contributed by atoms with E-state index in [-0.39, 0.29) is 88.4 Å². The summed E-state index contributed by atoms with van der Waals surface area (Å²) >= 11 is 2.79. The molecule has 20 heteroatoms. The van der Waals surface area contributed by atoms with Gasteiger partial charge in [-0.15, -0.1) is 0 Å². The van der Waals surface area contributed by atoms with E-state index in [4.69, 9.17) is 0 Å². The molecule has 11 aromatic carbocycles. The van der Waals surface area contributed by atoms with Gasteiger partial charge in [-0.25, -0.2) is 0 Å². The van der Waals surface area contributed by atoms with Gasteiger partial charge < -0.3 is 18.9 Å². The van der Waals surface area contributed by atoms with Gasteiger partial charge in [-0.05, 0) is 157 Å². The van der Waals surface area contributed by atoms with Crippen molar-refractivity contribution in [3.8, 4) is 45.8 Å². The van der Waals surface area contributed by atoms with Crippen LogP contribution in [0.2, 0.25) is 0 Å². The molecule has 6 nitrogen and oxygen atoms in total. The van der Waals surface area contributed by atoms with Crippen molar-refractivity contribution in [1.82, 2.24) is 9.13 Å². The van der Waals surface area contributed by atoms with E-state index >= 15 is 0 Å². The topological polar surface area (TPSA) is 63.9 Å². The van der Waals surface area contributed by atoms with Crippen LogP contribution in [0.4, 0.5) is 86.8 Å². The number of hydrogen-bond donors (Lipinski definition) is 0. The van der Waals surface area contributed by atoms with Gasteiger partial charge in [0.2, 0.25) is 0 Å². The number of benzene rings is 11. The predicted octanol–water partition coefficient (Wildman–Crippen LogP) is 22.9. The fraction of sp³-hybridized carbons (Fsp3) is 0.0556. The lowest BCUT2D eigenvalue weighted by Crippen LogP contribution is -2.15. The quantitative estimate of drug-likeness (QED) is 0.155. The van der Waals surface area contributed by atoms with Crippen LogP contribution in [0, 0.1) is 22.7 Å². The van der Waals surface area contributed by atoms with Crippen molar-refractivity contribution in [2.75, 3.05) is 9.80 Å². The molecule has 15 rings (SSSR count). The largest absolute Gasteiger partial charge is 0.416 e. The first-order valence-electron chi connectivity index (χ1n) is 28.1. The van der Waals surface area contributed by atoms with Crippen LogP contribution in [-0.4, -0.2) is 9.13 Å². The first-order chi connectivity index (χ1) is 44.1. The fourth-order valence-electron chi connectivity index (χ4n) is 12.7. The molecule has 0 saturated carbocycles. The van der Waals surface area contributed by atoms with Crippen molar-refractivity contribution in [2.24, 2.45) is 0 Å². The number of nitriles is 2. The van der Waals surface area contributed by atoms with Crippen LogP contribution in [0.5, 0.6) is 0 Å². The maximum atomic E-state index is 14.9. The van der Waals surface area contributed by atoms with Crippen LogP contribution in [-0.2, 0) is 24.7 Å². The number of rotatable bonds is 6. The summed E-state index contributed by atoms with van der Waals surface area (Å²) in [6.45, 7) is 0. The molecule has 0 radical (unpaired) electrons. The molecule has 0 spiro atoms. The van der Waals surface area contributed by atoms with E-state index in [9.17, 15) is 63.2 Å². The maximum absolute atomic E-state index is 14.9. The molecular formula is C72H36F12N6S2.